The minimum atomic E-state index is -0.0533. The van der Waals surface area contributed by atoms with Crippen molar-refractivity contribution in [2.24, 2.45) is 0 Å². The van der Waals surface area contributed by atoms with Gasteiger partial charge in [0.05, 0.1) is 5.39 Å². The molecule has 2 heterocycles. The van der Waals surface area contributed by atoms with Crippen molar-refractivity contribution in [3.8, 4) is 11.4 Å². The summed E-state index contributed by atoms with van der Waals surface area (Å²) in [7, 11) is 0. The summed E-state index contributed by atoms with van der Waals surface area (Å²) in [5, 5.41) is 0.721. The lowest BCUT2D eigenvalue weighted by molar-refractivity contribution is 1.18. The Morgan fingerprint density at radius 2 is 1.79 bits per heavy atom. The molecule has 4 heteroatoms. The van der Waals surface area contributed by atoms with Crippen LogP contribution in [0.4, 0.5) is 0 Å². The average Bonchev–Trinajstić information content (AvgIpc) is 2.66. The van der Waals surface area contributed by atoms with Gasteiger partial charge in [-0.25, -0.2) is 4.98 Å². The van der Waals surface area contributed by atoms with Gasteiger partial charge >= 0.3 is 0 Å². The molecule has 19 heavy (non-hydrogen) atoms. The van der Waals surface area contributed by atoms with Gasteiger partial charge < -0.3 is 4.98 Å². The van der Waals surface area contributed by atoms with Crippen LogP contribution in [0.5, 0.6) is 0 Å². The summed E-state index contributed by atoms with van der Waals surface area (Å²) in [6, 6.07) is 7.99. The van der Waals surface area contributed by atoms with E-state index in [1.54, 1.807) is 11.3 Å². The molecule has 96 valence electrons. The van der Waals surface area contributed by atoms with Crippen LogP contribution >= 0.6 is 11.3 Å². The maximum Gasteiger partial charge on any atom is 0.260 e. The lowest BCUT2D eigenvalue weighted by Gasteiger charge is -2.01. The zero-order chi connectivity index (χ0) is 13.6. The molecule has 0 radical (unpaired) electrons. The molecule has 1 N–H and O–H groups in total. The molecule has 0 unspecified atom stereocenters. The van der Waals surface area contributed by atoms with Gasteiger partial charge in [-0.2, -0.15) is 0 Å². The van der Waals surface area contributed by atoms with Gasteiger partial charge in [0.1, 0.15) is 10.7 Å². The van der Waals surface area contributed by atoms with E-state index in [9.17, 15) is 4.79 Å². The Bertz CT molecular complexity index is 813. The second-order valence-electron chi connectivity index (χ2n) is 4.74. The molecular weight excluding hydrogens is 256 g/mol. The number of hydrogen-bond acceptors (Lipinski definition) is 3. The highest BCUT2D eigenvalue weighted by molar-refractivity contribution is 7.18. The second kappa shape index (κ2) is 4.31. The third-order valence-electron chi connectivity index (χ3n) is 3.36. The number of rotatable bonds is 1. The van der Waals surface area contributed by atoms with Gasteiger partial charge in [0.2, 0.25) is 0 Å². The smallest absolute Gasteiger partial charge is 0.260 e. The van der Waals surface area contributed by atoms with E-state index in [2.05, 4.69) is 9.97 Å². The maximum atomic E-state index is 12.2. The molecule has 0 bridgehead atoms. The van der Waals surface area contributed by atoms with E-state index in [-0.39, 0.29) is 5.56 Å². The molecule has 0 amide bonds. The quantitative estimate of drug-likeness (QED) is 0.734. The van der Waals surface area contributed by atoms with Crippen molar-refractivity contribution in [1.29, 1.82) is 0 Å². The van der Waals surface area contributed by atoms with Crippen LogP contribution in [0.15, 0.2) is 29.1 Å². The summed E-state index contributed by atoms with van der Waals surface area (Å²) in [6.45, 7) is 6.03. The molecule has 0 saturated heterocycles. The van der Waals surface area contributed by atoms with Crippen LogP contribution in [-0.2, 0) is 0 Å². The summed E-state index contributed by atoms with van der Waals surface area (Å²) >= 11 is 1.57. The van der Waals surface area contributed by atoms with Crippen LogP contribution in [-0.4, -0.2) is 9.97 Å². The van der Waals surface area contributed by atoms with Crippen molar-refractivity contribution in [2.75, 3.05) is 0 Å². The summed E-state index contributed by atoms with van der Waals surface area (Å²) in [4.78, 5) is 21.6. The molecule has 0 aliphatic carbocycles. The van der Waals surface area contributed by atoms with Gasteiger partial charge in [-0.15, -0.1) is 11.3 Å². The molecule has 1 aromatic carbocycles. The molecule has 3 rings (SSSR count). The lowest BCUT2D eigenvalue weighted by Crippen LogP contribution is -2.09. The Kier molecular flexibility index (Phi) is 2.75. The maximum absolute atomic E-state index is 12.2. The van der Waals surface area contributed by atoms with Crippen molar-refractivity contribution in [1.82, 2.24) is 9.97 Å². The van der Waals surface area contributed by atoms with Gasteiger partial charge in [0.25, 0.3) is 5.56 Å². The molecule has 2 aromatic heterocycles. The SMILES string of the molecule is Cc1ccc(-c2nc3sc(C)c(C)c3c(=O)[nH]2)cc1. The highest BCUT2D eigenvalue weighted by Crippen LogP contribution is 2.27. The number of aromatic amines is 1. The fourth-order valence-electron chi connectivity index (χ4n) is 2.10. The molecular formula is C15H14N2OS. The molecule has 0 atom stereocenters. The first kappa shape index (κ1) is 12.1. The molecule has 0 saturated carbocycles. The van der Waals surface area contributed by atoms with Crippen LogP contribution in [0.2, 0.25) is 0 Å². The normalized spacial score (nSPS) is 11.1. The summed E-state index contributed by atoms with van der Waals surface area (Å²) in [5.74, 6) is 0.638. The van der Waals surface area contributed by atoms with E-state index >= 15 is 0 Å². The predicted octanol–water partition coefficient (Wildman–Crippen LogP) is 3.58. The predicted molar refractivity (Wildman–Crippen MR) is 79.9 cm³/mol. The average molecular weight is 270 g/mol. The Labute approximate surface area is 115 Å². The molecule has 3 aromatic rings. The number of hydrogen-bond donors (Lipinski definition) is 1. The van der Waals surface area contributed by atoms with Crippen molar-refractivity contribution in [2.45, 2.75) is 20.8 Å². The van der Waals surface area contributed by atoms with E-state index in [1.165, 1.54) is 5.56 Å². The number of fused-ring (bicyclic) bond motifs is 1. The van der Waals surface area contributed by atoms with Crippen LogP contribution < -0.4 is 5.56 Å². The fourth-order valence-corrected chi connectivity index (χ4v) is 3.13. The molecule has 3 nitrogen and oxygen atoms in total. The Balaban J connectivity index is 2.27. The van der Waals surface area contributed by atoms with E-state index in [0.717, 1.165) is 26.2 Å². The monoisotopic (exact) mass is 270 g/mol. The van der Waals surface area contributed by atoms with Crippen LogP contribution in [0.25, 0.3) is 21.6 Å². The summed E-state index contributed by atoms with van der Waals surface area (Å²) < 4.78 is 0. The van der Waals surface area contributed by atoms with E-state index < -0.39 is 0 Å². The number of benzene rings is 1. The fraction of sp³-hybridized carbons (Fsp3) is 0.200. The molecule has 0 spiro atoms. The first-order valence-electron chi connectivity index (χ1n) is 6.13. The first-order valence-corrected chi connectivity index (χ1v) is 6.95. The lowest BCUT2D eigenvalue weighted by atomic mass is 10.1. The van der Waals surface area contributed by atoms with E-state index in [1.807, 2.05) is 45.0 Å². The van der Waals surface area contributed by atoms with Gasteiger partial charge in [0, 0.05) is 10.4 Å². The largest absolute Gasteiger partial charge is 0.306 e. The number of nitrogens with zero attached hydrogens (tertiary/aromatic N) is 1. The van der Waals surface area contributed by atoms with Crippen LogP contribution in [0.1, 0.15) is 16.0 Å². The number of H-pyrrole nitrogens is 1. The third kappa shape index (κ3) is 1.98. The highest BCUT2D eigenvalue weighted by atomic mass is 32.1. The summed E-state index contributed by atoms with van der Waals surface area (Å²) in [5.41, 5.74) is 3.11. The molecule has 0 fully saturated rings. The summed E-state index contributed by atoms with van der Waals surface area (Å²) in [6.07, 6.45) is 0. The number of aryl methyl sites for hydroxylation is 3. The van der Waals surface area contributed by atoms with E-state index in [4.69, 9.17) is 0 Å². The van der Waals surface area contributed by atoms with E-state index in [0.29, 0.717) is 5.82 Å². The molecule has 0 aliphatic rings. The van der Waals surface area contributed by atoms with Crippen molar-refractivity contribution < 1.29 is 0 Å². The topological polar surface area (TPSA) is 45.8 Å². The first-order chi connectivity index (χ1) is 9.06. The number of thiophene rings is 1. The van der Waals surface area contributed by atoms with Gasteiger partial charge in [0.15, 0.2) is 0 Å². The van der Waals surface area contributed by atoms with Gasteiger partial charge in [-0.05, 0) is 26.3 Å². The molecule has 0 aliphatic heterocycles. The number of nitrogens with one attached hydrogen (secondary N) is 1. The second-order valence-corrected chi connectivity index (χ2v) is 5.95. The third-order valence-corrected chi connectivity index (χ3v) is 4.47. The van der Waals surface area contributed by atoms with Crippen LogP contribution in [0.3, 0.4) is 0 Å². The zero-order valence-electron chi connectivity index (χ0n) is 11.1. The van der Waals surface area contributed by atoms with Crippen molar-refractivity contribution >= 4 is 21.6 Å². The van der Waals surface area contributed by atoms with Crippen LogP contribution in [0, 0.1) is 20.8 Å². The minimum Gasteiger partial charge on any atom is -0.306 e. The Morgan fingerprint density at radius 1 is 1.11 bits per heavy atom. The standard InChI is InChI=1S/C15H14N2OS/c1-8-4-6-11(7-5-8)13-16-14(18)12-9(2)10(3)19-15(12)17-13/h4-7H,1-3H3,(H,16,17,18). The minimum absolute atomic E-state index is 0.0533. The number of aromatic nitrogens is 2. The van der Waals surface area contributed by atoms with Gasteiger partial charge in [-0.3, -0.25) is 4.79 Å². The van der Waals surface area contributed by atoms with Crippen molar-refractivity contribution in [3.63, 3.8) is 0 Å². The van der Waals surface area contributed by atoms with Gasteiger partial charge in [-0.1, -0.05) is 29.8 Å². The zero-order valence-corrected chi connectivity index (χ0v) is 11.9. The van der Waals surface area contributed by atoms with Crippen molar-refractivity contribution in [3.05, 3.63) is 50.6 Å². The Hall–Kier alpha value is -1.94. The highest BCUT2D eigenvalue weighted by Gasteiger charge is 2.12. The Morgan fingerprint density at radius 3 is 2.47 bits per heavy atom.